The second-order valence-corrected chi connectivity index (χ2v) is 3.97. The standard InChI is InChI=1S/C10H7FN2O2S/c11-6-3-1-2-4-7(6)13-10-12-5-8(16-10)9(14)15/h1-5H,(H,12,13)(H,14,15). The van der Waals surface area contributed by atoms with Crippen molar-refractivity contribution in [3.8, 4) is 0 Å². The van der Waals surface area contributed by atoms with Gasteiger partial charge in [-0.3, -0.25) is 0 Å². The third-order valence-corrected chi connectivity index (χ3v) is 2.73. The van der Waals surface area contributed by atoms with Crippen LogP contribution in [0.1, 0.15) is 9.67 Å². The molecule has 0 bridgehead atoms. The molecule has 0 spiro atoms. The number of anilines is 2. The predicted octanol–water partition coefficient (Wildman–Crippen LogP) is 2.72. The molecule has 16 heavy (non-hydrogen) atoms. The van der Waals surface area contributed by atoms with Gasteiger partial charge in [0.2, 0.25) is 0 Å². The summed E-state index contributed by atoms with van der Waals surface area (Å²) in [6, 6.07) is 6.12. The van der Waals surface area contributed by atoms with E-state index in [0.29, 0.717) is 5.13 Å². The van der Waals surface area contributed by atoms with Crippen LogP contribution >= 0.6 is 11.3 Å². The molecule has 6 heteroatoms. The van der Waals surface area contributed by atoms with Gasteiger partial charge >= 0.3 is 5.97 Å². The van der Waals surface area contributed by atoms with Crippen molar-refractivity contribution in [3.05, 3.63) is 41.2 Å². The van der Waals surface area contributed by atoms with Crippen LogP contribution in [0.5, 0.6) is 0 Å². The maximum atomic E-state index is 13.2. The Bertz CT molecular complexity index is 527. The molecule has 0 unspecified atom stereocenters. The molecule has 2 aromatic rings. The summed E-state index contributed by atoms with van der Waals surface area (Å²) in [5, 5.41) is 11.8. The first-order chi connectivity index (χ1) is 7.66. The molecule has 0 fully saturated rings. The normalized spacial score (nSPS) is 10.1. The van der Waals surface area contributed by atoms with Crippen LogP contribution in [-0.4, -0.2) is 16.1 Å². The fraction of sp³-hybridized carbons (Fsp3) is 0. The highest BCUT2D eigenvalue weighted by atomic mass is 32.1. The summed E-state index contributed by atoms with van der Waals surface area (Å²) in [6.45, 7) is 0. The van der Waals surface area contributed by atoms with Crippen molar-refractivity contribution in [3.63, 3.8) is 0 Å². The first kappa shape index (κ1) is 10.6. The van der Waals surface area contributed by atoms with Crippen LogP contribution in [0.15, 0.2) is 30.5 Å². The third-order valence-electron chi connectivity index (χ3n) is 1.83. The lowest BCUT2D eigenvalue weighted by molar-refractivity contribution is 0.0702. The lowest BCUT2D eigenvalue weighted by Gasteiger charge is -2.02. The highest BCUT2D eigenvalue weighted by Gasteiger charge is 2.09. The number of nitrogens with one attached hydrogen (secondary N) is 1. The number of halogens is 1. The van der Waals surface area contributed by atoms with E-state index in [1.54, 1.807) is 18.2 Å². The van der Waals surface area contributed by atoms with Crippen molar-refractivity contribution in [1.82, 2.24) is 4.98 Å². The van der Waals surface area contributed by atoms with E-state index in [1.807, 2.05) is 0 Å². The Hall–Kier alpha value is -1.95. The molecule has 0 saturated heterocycles. The quantitative estimate of drug-likeness (QED) is 0.863. The summed E-state index contributed by atoms with van der Waals surface area (Å²) < 4.78 is 13.2. The SMILES string of the molecule is O=C(O)c1cnc(Nc2ccccc2F)s1. The molecule has 1 aromatic carbocycles. The summed E-state index contributed by atoms with van der Waals surface area (Å²) >= 11 is 0.956. The van der Waals surface area contributed by atoms with Crippen LogP contribution in [0, 0.1) is 5.82 Å². The van der Waals surface area contributed by atoms with Gasteiger partial charge in [0, 0.05) is 0 Å². The Morgan fingerprint density at radius 1 is 1.44 bits per heavy atom. The molecule has 0 aliphatic rings. The molecule has 0 aliphatic heterocycles. The van der Waals surface area contributed by atoms with Gasteiger partial charge in [-0.25, -0.2) is 14.2 Å². The molecule has 0 aliphatic carbocycles. The molecule has 2 rings (SSSR count). The van der Waals surface area contributed by atoms with E-state index >= 15 is 0 Å². The van der Waals surface area contributed by atoms with Crippen LogP contribution in [0.3, 0.4) is 0 Å². The maximum absolute atomic E-state index is 13.2. The van der Waals surface area contributed by atoms with E-state index in [0.717, 1.165) is 11.3 Å². The monoisotopic (exact) mass is 238 g/mol. The Balaban J connectivity index is 2.21. The summed E-state index contributed by atoms with van der Waals surface area (Å²) in [4.78, 5) is 14.5. The fourth-order valence-electron chi connectivity index (χ4n) is 1.11. The lowest BCUT2D eigenvalue weighted by atomic mass is 10.3. The van der Waals surface area contributed by atoms with Gasteiger partial charge in [0.05, 0.1) is 11.9 Å². The molecular weight excluding hydrogens is 231 g/mol. The van der Waals surface area contributed by atoms with E-state index in [-0.39, 0.29) is 10.6 Å². The number of aromatic carboxylic acids is 1. The number of para-hydroxylation sites is 1. The molecule has 2 N–H and O–H groups in total. The second-order valence-electron chi connectivity index (χ2n) is 2.94. The smallest absolute Gasteiger partial charge is 0.347 e. The van der Waals surface area contributed by atoms with Crippen molar-refractivity contribution in [2.75, 3.05) is 5.32 Å². The van der Waals surface area contributed by atoms with Gasteiger partial charge in [-0.2, -0.15) is 0 Å². The van der Waals surface area contributed by atoms with E-state index < -0.39 is 11.8 Å². The number of aromatic nitrogens is 1. The highest BCUT2D eigenvalue weighted by Crippen LogP contribution is 2.23. The molecule has 0 radical (unpaired) electrons. The minimum Gasteiger partial charge on any atom is -0.477 e. The zero-order valence-electron chi connectivity index (χ0n) is 7.98. The Labute approximate surface area is 94.4 Å². The number of benzene rings is 1. The molecule has 4 nitrogen and oxygen atoms in total. The molecule has 0 atom stereocenters. The number of carbonyl (C=O) groups is 1. The molecule has 1 aromatic heterocycles. The number of thiazole rings is 1. The van der Waals surface area contributed by atoms with Gasteiger partial charge in [0.1, 0.15) is 10.7 Å². The van der Waals surface area contributed by atoms with Gasteiger partial charge in [0.25, 0.3) is 0 Å². The number of hydrogen-bond acceptors (Lipinski definition) is 4. The topological polar surface area (TPSA) is 62.2 Å². The minimum atomic E-state index is -1.04. The first-order valence-corrected chi connectivity index (χ1v) is 5.19. The third kappa shape index (κ3) is 2.17. The molecular formula is C10H7FN2O2S. The summed E-state index contributed by atoms with van der Waals surface area (Å²) in [7, 11) is 0. The summed E-state index contributed by atoms with van der Waals surface area (Å²) in [6.07, 6.45) is 1.23. The molecule has 1 heterocycles. The molecule has 0 saturated carbocycles. The van der Waals surface area contributed by atoms with Crippen molar-refractivity contribution in [2.45, 2.75) is 0 Å². The van der Waals surface area contributed by atoms with Crippen LogP contribution < -0.4 is 5.32 Å². The van der Waals surface area contributed by atoms with Gasteiger partial charge in [-0.1, -0.05) is 23.5 Å². The van der Waals surface area contributed by atoms with Crippen LogP contribution in [0.2, 0.25) is 0 Å². The average Bonchev–Trinajstić information content (AvgIpc) is 2.70. The zero-order chi connectivity index (χ0) is 11.5. The average molecular weight is 238 g/mol. The number of carboxylic acids is 1. The molecule has 0 amide bonds. The lowest BCUT2D eigenvalue weighted by Crippen LogP contribution is -1.92. The van der Waals surface area contributed by atoms with Crippen molar-refractivity contribution in [2.24, 2.45) is 0 Å². The Kier molecular flexibility index (Phi) is 2.82. The minimum absolute atomic E-state index is 0.110. The van der Waals surface area contributed by atoms with Gasteiger partial charge < -0.3 is 10.4 Å². The Morgan fingerprint density at radius 2 is 2.19 bits per heavy atom. The predicted molar refractivity (Wildman–Crippen MR) is 58.8 cm³/mol. The van der Waals surface area contributed by atoms with E-state index in [4.69, 9.17) is 5.11 Å². The van der Waals surface area contributed by atoms with Gasteiger partial charge in [-0.05, 0) is 12.1 Å². The number of hydrogen-bond donors (Lipinski definition) is 2. The number of carboxylic acid groups (broad SMARTS) is 1. The van der Waals surface area contributed by atoms with Crippen molar-refractivity contribution in [1.29, 1.82) is 0 Å². The van der Waals surface area contributed by atoms with E-state index in [9.17, 15) is 9.18 Å². The summed E-state index contributed by atoms with van der Waals surface area (Å²) in [5.41, 5.74) is 0.272. The van der Waals surface area contributed by atoms with Crippen molar-refractivity contribution < 1.29 is 14.3 Å². The van der Waals surface area contributed by atoms with Crippen molar-refractivity contribution >= 4 is 28.1 Å². The second kappa shape index (κ2) is 4.28. The number of rotatable bonds is 3. The Morgan fingerprint density at radius 3 is 2.81 bits per heavy atom. The fourth-order valence-corrected chi connectivity index (χ4v) is 1.78. The largest absolute Gasteiger partial charge is 0.477 e. The summed E-state index contributed by atoms with van der Waals surface area (Å²) in [5.74, 6) is -1.45. The van der Waals surface area contributed by atoms with Gasteiger partial charge in [0.15, 0.2) is 5.13 Å². The number of nitrogens with zero attached hydrogens (tertiary/aromatic N) is 1. The molecule has 82 valence electrons. The van der Waals surface area contributed by atoms with Crippen LogP contribution in [-0.2, 0) is 0 Å². The first-order valence-electron chi connectivity index (χ1n) is 4.37. The van der Waals surface area contributed by atoms with Gasteiger partial charge in [-0.15, -0.1) is 0 Å². The zero-order valence-corrected chi connectivity index (χ0v) is 8.79. The van der Waals surface area contributed by atoms with E-state index in [2.05, 4.69) is 10.3 Å². The van der Waals surface area contributed by atoms with E-state index in [1.165, 1.54) is 12.3 Å². The van der Waals surface area contributed by atoms with Crippen LogP contribution in [0.4, 0.5) is 15.2 Å². The highest BCUT2D eigenvalue weighted by molar-refractivity contribution is 7.17. The van der Waals surface area contributed by atoms with Crippen LogP contribution in [0.25, 0.3) is 0 Å². The maximum Gasteiger partial charge on any atom is 0.347 e.